The Hall–Kier alpha value is -1.54. The maximum absolute atomic E-state index is 14.6. The van der Waals surface area contributed by atoms with Gasteiger partial charge < -0.3 is 4.74 Å². The summed E-state index contributed by atoms with van der Waals surface area (Å²) in [6, 6.07) is 11.8. The Morgan fingerprint density at radius 3 is 2.28 bits per heavy atom. The maximum Gasteiger partial charge on any atom is 0.153 e. The maximum atomic E-state index is 14.6. The van der Waals surface area contributed by atoms with E-state index < -0.39 is 5.82 Å². The van der Waals surface area contributed by atoms with E-state index in [0.717, 1.165) is 11.5 Å². The van der Waals surface area contributed by atoms with E-state index in [1.165, 1.54) is 37.7 Å². The van der Waals surface area contributed by atoms with Gasteiger partial charge in [0.15, 0.2) is 5.82 Å². The van der Waals surface area contributed by atoms with E-state index in [1.54, 1.807) is 12.1 Å². The molecule has 2 aromatic carbocycles. The molecule has 0 radical (unpaired) electrons. The van der Waals surface area contributed by atoms with Crippen LogP contribution in [0.25, 0.3) is 11.1 Å². The lowest BCUT2D eigenvalue weighted by atomic mass is 9.77. The van der Waals surface area contributed by atoms with Gasteiger partial charge in [-0.3, -0.25) is 0 Å². The van der Waals surface area contributed by atoms with Gasteiger partial charge in [-0.25, -0.2) is 4.39 Å². The van der Waals surface area contributed by atoms with Gasteiger partial charge in [-0.2, -0.15) is 0 Å². The highest BCUT2D eigenvalue weighted by molar-refractivity contribution is 6.32. The number of ether oxygens (including phenoxy) is 1. The SMILES string of the molecule is CCOc1ccc(-c2ccc(C3CCC(CC)CC3)cc2)c(F)c1Cl. The first kappa shape index (κ1) is 18.3. The van der Waals surface area contributed by atoms with Crippen molar-refractivity contribution in [1.82, 2.24) is 0 Å². The standard InChI is InChI=1S/C22H26ClFO/c1-3-15-5-7-16(8-6-15)17-9-11-18(12-10-17)19-13-14-20(25-4-2)21(23)22(19)24/h9-16H,3-8H2,1-2H3. The molecule has 0 heterocycles. The number of hydrogen-bond donors (Lipinski definition) is 0. The third-order valence-corrected chi connectivity index (χ3v) is 5.82. The van der Waals surface area contributed by atoms with Crippen LogP contribution in [0.3, 0.4) is 0 Å². The van der Waals surface area contributed by atoms with Crippen LogP contribution in [0.15, 0.2) is 36.4 Å². The topological polar surface area (TPSA) is 9.23 Å². The molecule has 3 heteroatoms. The predicted molar refractivity (Wildman–Crippen MR) is 103 cm³/mol. The fourth-order valence-corrected chi connectivity index (χ4v) is 4.08. The van der Waals surface area contributed by atoms with E-state index in [1.807, 2.05) is 19.1 Å². The van der Waals surface area contributed by atoms with Crippen molar-refractivity contribution in [2.45, 2.75) is 51.9 Å². The van der Waals surface area contributed by atoms with Crippen LogP contribution in [0.2, 0.25) is 5.02 Å². The molecule has 0 aliphatic heterocycles. The molecule has 0 spiro atoms. The molecule has 1 nitrogen and oxygen atoms in total. The van der Waals surface area contributed by atoms with Crippen LogP contribution in [0.4, 0.5) is 4.39 Å². The Kier molecular flexibility index (Phi) is 6.01. The molecule has 2 aromatic rings. The predicted octanol–water partition coefficient (Wildman–Crippen LogP) is 7.23. The van der Waals surface area contributed by atoms with Crippen LogP contribution in [0, 0.1) is 11.7 Å². The normalized spacial score (nSPS) is 20.5. The second-order valence-corrected chi connectivity index (χ2v) is 7.30. The summed E-state index contributed by atoms with van der Waals surface area (Å²) in [6.07, 6.45) is 6.48. The van der Waals surface area contributed by atoms with Gasteiger partial charge in [0.2, 0.25) is 0 Å². The van der Waals surface area contributed by atoms with Crippen LogP contribution >= 0.6 is 11.6 Å². The smallest absolute Gasteiger partial charge is 0.153 e. The molecule has 0 atom stereocenters. The number of benzene rings is 2. The summed E-state index contributed by atoms with van der Waals surface area (Å²) >= 11 is 6.11. The van der Waals surface area contributed by atoms with Gasteiger partial charge in [-0.05, 0) is 67.7 Å². The van der Waals surface area contributed by atoms with E-state index in [2.05, 4.69) is 19.1 Å². The lowest BCUT2D eigenvalue weighted by Crippen LogP contribution is -2.12. The van der Waals surface area contributed by atoms with E-state index in [0.29, 0.717) is 23.8 Å². The zero-order valence-corrected chi connectivity index (χ0v) is 15.8. The van der Waals surface area contributed by atoms with Crippen molar-refractivity contribution in [3.05, 3.63) is 52.8 Å². The minimum absolute atomic E-state index is 0.0568. The molecule has 0 bridgehead atoms. The molecular formula is C22H26ClFO. The van der Waals surface area contributed by atoms with E-state index >= 15 is 0 Å². The van der Waals surface area contributed by atoms with E-state index in [-0.39, 0.29) is 5.02 Å². The van der Waals surface area contributed by atoms with Gasteiger partial charge in [-0.15, -0.1) is 0 Å². The molecular weight excluding hydrogens is 335 g/mol. The van der Waals surface area contributed by atoms with Crippen molar-refractivity contribution in [2.24, 2.45) is 5.92 Å². The minimum atomic E-state index is -0.413. The van der Waals surface area contributed by atoms with Crippen LogP contribution in [0.5, 0.6) is 5.75 Å². The zero-order chi connectivity index (χ0) is 17.8. The Labute approximate surface area is 155 Å². The molecule has 1 aliphatic rings. The number of rotatable bonds is 5. The largest absolute Gasteiger partial charge is 0.492 e. The van der Waals surface area contributed by atoms with Gasteiger partial charge in [0.05, 0.1) is 6.61 Å². The third-order valence-electron chi connectivity index (χ3n) is 5.46. The van der Waals surface area contributed by atoms with Crippen LogP contribution in [0.1, 0.15) is 57.4 Å². The number of halogens is 2. The van der Waals surface area contributed by atoms with Crippen LogP contribution in [-0.4, -0.2) is 6.61 Å². The summed E-state index contributed by atoms with van der Waals surface area (Å²) in [5, 5.41) is 0.0568. The first-order valence-electron chi connectivity index (χ1n) is 9.35. The monoisotopic (exact) mass is 360 g/mol. The Balaban J connectivity index is 1.78. The van der Waals surface area contributed by atoms with Gasteiger partial charge in [0, 0.05) is 5.56 Å². The summed E-state index contributed by atoms with van der Waals surface area (Å²) in [6.45, 7) is 4.61. The lowest BCUT2D eigenvalue weighted by molar-refractivity contribution is 0.319. The second kappa shape index (κ2) is 8.23. The van der Waals surface area contributed by atoms with Gasteiger partial charge in [-0.1, -0.05) is 49.2 Å². The molecule has 1 aliphatic carbocycles. The van der Waals surface area contributed by atoms with Gasteiger partial charge in [0.1, 0.15) is 10.8 Å². The first-order valence-corrected chi connectivity index (χ1v) is 9.72. The highest BCUT2D eigenvalue weighted by Crippen LogP contribution is 2.38. The quantitative estimate of drug-likeness (QED) is 0.546. The molecule has 134 valence electrons. The molecule has 1 saturated carbocycles. The summed E-state index contributed by atoms with van der Waals surface area (Å²) in [7, 11) is 0. The number of hydrogen-bond acceptors (Lipinski definition) is 1. The average molecular weight is 361 g/mol. The summed E-state index contributed by atoms with van der Waals surface area (Å²) in [5.74, 6) is 1.53. The van der Waals surface area contributed by atoms with Gasteiger partial charge >= 0.3 is 0 Å². The molecule has 0 saturated heterocycles. The van der Waals surface area contributed by atoms with Crippen LogP contribution < -0.4 is 4.74 Å². The fourth-order valence-electron chi connectivity index (χ4n) is 3.86. The first-order chi connectivity index (χ1) is 12.1. The molecule has 0 aromatic heterocycles. The fraction of sp³-hybridized carbons (Fsp3) is 0.455. The Morgan fingerprint density at radius 2 is 1.68 bits per heavy atom. The summed E-state index contributed by atoms with van der Waals surface area (Å²) in [4.78, 5) is 0. The molecule has 25 heavy (non-hydrogen) atoms. The van der Waals surface area contributed by atoms with Crippen molar-refractivity contribution in [1.29, 1.82) is 0 Å². The summed E-state index contributed by atoms with van der Waals surface area (Å²) in [5.41, 5.74) is 2.75. The molecule has 0 N–H and O–H groups in total. The Morgan fingerprint density at radius 1 is 1.00 bits per heavy atom. The molecule has 1 fully saturated rings. The van der Waals surface area contributed by atoms with Crippen LogP contribution in [-0.2, 0) is 0 Å². The lowest BCUT2D eigenvalue weighted by Gasteiger charge is -2.28. The average Bonchev–Trinajstić information content (AvgIpc) is 2.66. The minimum Gasteiger partial charge on any atom is -0.492 e. The summed E-state index contributed by atoms with van der Waals surface area (Å²) < 4.78 is 19.9. The van der Waals surface area contributed by atoms with Gasteiger partial charge in [0.25, 0.3) is 0 Å². The molecule has 3 rings (SSSR count). The van der Waals surface area contributed by atoms with E-state index in [4.69, 9.17) is 16.3 Å². The van der Waals surface area contributed by atoms with Crippen molar-refractivity contribution in [2.75, 3.05) is 6.61 Å². The second-order valence-electron chi connectivity index (χ2n) is 6.92. The zero-order valence-electron chi connectivity index (χ0n) is 15.0. The third kappa shape index (κ3) is 4.00. The van der Waals surface area contributed by atoms with Crippen molar-refractivity contribution >= 4 is 11.6 Å². The van der Waals surface area contributed by atoms with Crippen molar-refractivity contribution in [3.8, 4) is 16.9 Å². The highest BCUT2D eigenvalue weighted by atomic mass is 35.5. The van der Waals surface area contributed by atoms with E-state index in [9.17, 15) is 4.39 Å². The van der Waals surface area contributed by atoms with Crippen molar-refractivity contribution in [3.63, 3.8) is 0 Å². The molecule has 0 unspecified atom stereocenters. The molecule has 0 amide bonds. The highest BCUT2D eigenvalue weighted by Gasteiger charge is 2.21. The Bertz CT molecular complexity index is 703. The van der Waals surface area contributed by atoms with Crippen molar-refractivity contribution < 1.29 is 9.13 Å².